The fourth-order valence-corrected chi connectivity index (χ4v) is 1.17. The lowest BCUT2D eigenvalue weighted by molar-refractivity contribution is 0.951. The summed E-state index contributed by atoms with van der Waals surface area (Å²) in [7, 11) is 0. The summed E-state index contributed by atoms with van der Waals surface area (Å²) in [6.07, 6.45) is 0. The number of amidine groups is 1. The maximum absolute atomic E-state index is 3.99. The monoisotopic (exact) mass is 196 g/mol. The van der Waals surface area contributed by atoms with E-state index in [1.807, 2.05) is 30.3 Å². The van der Waals surface area contributed by atoms with Gasteiger partial charge >= 0.3 is 0 Å². The Morgan fingerprint density at radius 2 is 1.80 bits per heavy atom. The zero-order chi connectivity index (χ0) is 6.97. The van der Waals surface area contributed by atoms with Gasteiger partial charge in [-0.25, -0.2) is 0 Å². The summed E-state index contributed by atoms with van der Waals surface area (Å²) < 4.78 is 1.68. The van der Waals surface area contributed by atoms with E-state index in [-0.39, 0.29) is 0 Å². The van der Waals surface area contributed by atoms with E-state index in [2.05, 4.69) is 21.2 Å². The van der Waals surface area contributed by atoms with Crippen LogP contribution in [-0.4, -0.2) is 9.87 Å². The lowest BCUT2D eigenvalue weighted by atomic mass is 10.2. The minimum Gasteiger partial charge on any atom is -0.175 e. The third kappa shape index (κ3) is 0.926. The van der Waals surface area contributed by atoms with Gasteiger partial charge in [-0.1, -0.05) is 30.3 Å². The minimum atomic E-state index is 1.00. The van der Waals surface area contributed by atoms with Gasteiger partial charge in [0.25, 0.3) is 0 Å². The lowest BCUT2D eigenvalue weighted by Crippen LogP contribution is -1.91. The molecule has 0 bridgehead atoms. The summed E-state index contributed by atoms with van der Waals surface area (Å²) in [6, 6.07) is 10.0. The van der Waals surface area contributed by atoms with Crippen LogP contribution < -0.4 is 0 Å². The van der Waals surface area contributed by atoms with Gasteiger partial charge < -0.3 is 0 Å². The van der Waals surface area contributed by atoms with Crippen LogP contribution in [-0.2, 0) is 0 Å². The first kappa shape index (κ1) is 5.92. The molecule has 2 nitrogen and oxygen atoms in total. The van der Waals surface area contributed by atoms with Crippen molar-refractivity contribution in [1.29, 1.82) is 0 Å². The lowest BCUT2D eigenvalue weighted by Gasteiger charge is -1.88. The molecule has 0 saturated heterocycles. The highest BCUT2D eigenvalue weighted by atomic mass is 79.9. The van der Waals surface area contributed by atoms with E-state index in [4.69, 9.17) is 0 Å². The molecular weight excluding hydrogens is 192 g/mol. The van der Waals surface area contributed by atoms with Crippen molar-refractivity contribution >= 4 is 22.0 Å². The highest BCUT2D eigenvalue weighted by Crippen LogP contribution is 2.21. The molecule has 0 spiro atoms. The molecule has 0 unspecified atom stereocenters. The Balaban J connectivity index is 2.29. The van der Waals surface area contributed by atoms with Crippen LogP contribution in [0.3, 0.4) is 0 Å². The summed E-state index contributed by atoms with van der Waals surface area (Å²) >= 11 is 3.21. The van der Waals surface area contributed by atoms with E-state index < -0.39 is 0 Å². The number of rotatable bonds is 1. The van der Waals surface area contributed by atoms with Crippen molar-refractivity contribution < 1.29 is 0 Å². The second-order valence-electron chi connectivity index (χ2n) is 2.05. The Labute approximate surface area is 67.5 Å². The molecule has 0 radical (unpaired) electrons. The molecule has 0 aromatic heterocycles. The van der Waals surface area contributed by atoms with Gasteiger partial charge in [0.05, 0.1) is 16.1 Å². The molecule has 0 atom stereocenters. The van der Waals surface area contributed by atoms with E-state index in [1.54, 1.807) is 4.03 Å². The normalized spacial score (nSPS) is 14.9. The van der Waals surface area contributed by atoms with E-state index in [1.165, 1.54) is 0 Å². The molecule has 0 N–H and O–H groups in total. The molecule has 1 heterocycles. The van der Waals surface area contributed by atoms with Crippen molar-refractivity contribution in [3.05, 3.63) is 35.9 Å². The molecular formula is C7H5BrN2. The quantitative estimate of drug-likeness (QED) is 0.628. The smallest absolute Gasteiger partial charge is 0.175 e. The van der Waals surface area contributed by atoms with Crippen LogP contribution >= 0.6 is 16.1 Å². The zero-order valence-electron chi connectivity index (χ0n) is 5.16. The Hall–Kier alpha value is -0.830. The highest BCUT2D eigenvalue weighted by Gasteiger charge is 2.22. The average molecular weight is 197 g/mol. The summed E-state index contributed by atoms with van der Waals surface area (Å²) in [5.41, 5.74) is 1.15. The van der Waals surface area contributed by atoms with Gasteiger partial charge in [0.15, 0.2) is 5.84 Å². The minimum absolute atomic E-state index is 1.00. The molecule has 0 aliphatic carbocycles. The summed E-state index contributed by atoms with van der Waals surface area (Å²) in [5.74, 6) is 1.00. The van der Waals surface area contributed by atoms with Gasteiger partial charge in [0, 0.05) is 5.56 Å². The Bertz CT molecular complexity index is 268. The van der Waals surface area contributed by atoms with Gasteiger partial charge in [0.2, 0.25) is 0 Å². The molecule has 3 heteroatoms. The Kier molecular flexibility index (Phi) is 1.24. The van der Waals surface area contributed by atoms with Crippen molar-refractivity contribution in [2.45, 2.75) is 0 Å². The highest BCUT2D eigenvalue weighted by molar-refractivity contribution is 9.08. The van der Waals surface area contributed by atoms with Gasteiger partial charge in [-0.15, -0.1) is 5.10 Å². The van der Waals surface area contributed by atoms with Crippen molar-refractivity contribution in [2.75, 3.05) is 0 Å². The average Bonchev–Trinajstić information content (AvgIpc) is 2.69. The Morgan fingerprint density at radius 1 is 1.20 bits per heavy atom. The van der Waals surface area contributed by atoms with Crippen LogP contribution in [0.15, 0.2) is 35.4 Å². The maximum atomic E-state index is 3.99. The van der Waals surface area contributed by atoms with Gasteiger partial charge in [-0.2, -0.15) is 4.03 Å². The van der Waals surface area contributed by atoms with E-state index >= 15 is 0 Å². The molecule has 0 fully saturated rings. The largest absolute Gasteiger partial charge is 0.189 e. The molecule has 2 rings (SSSR count). The van der Waals surface area contributed by atoms with Gasteiger partial charge in [0.1, 0.15) is 0 Å². The number of halogens is 1. The van der Waals surface area contributed by atoms with Gasteiger partial charge in [-0.3, -0.25) is 0 Å². The van der Waals surface area contributed by atoms with Crippen LogP contribution in [0.2, 0.25) is 0 Å². The molecule has 0 amide bonds. The predicted molar refractivity (Wildman–Crippen MR) is 43.7 cm³/mol. The van der Waals surface area contributed by atoms with Crippen molar-refractivity contribution in [3.8, 4) is 0 Å². The molecule has 1 aromatic carbocycles. The molecule has 10 heavy (non-hydrogen) atoms. The fourth-order valence-electron chi connectivity index (χ4n) is 0.812. The molecule has 0 saturated carbocycles. The Morgan fingerprint density at radius 3 is 2.30 bits per heavy atom. The number of hydrogen-bond acceptors (Lipinski definition) is 2. The summed E-state index contributed by atoms with van der Waals surface area (Å²) in [6.45, 7) is 0. The standard InChI is InChI=1S/C7H5BrN2/c8-10-7(9-10)6-4-2-1-3-5-6/h1-5H. The summed E-state index contributed by atoms with van der Waals surface area (Å²) in [4.78, 5) is 0. The van der Waals surface area contributed by atoms with Crippen LogP contribution in [0.4, 0.5) is 0 Å². The second kappa shape index (κ2) is 2.09. The number of nitrogens with zero attached hydrogens (tertiary/aromatic N) is 2. The first-order valence-corrected chi connectivity index (χ1v) is 3.69. The number of hydrogen-bond donors (Lipinski definition) is 0. The van der Waals surface area contributed by atoms with Crippen molar-refractivity contribution in [3.63, 3.8) is 0 Å². The molecule has 50 valence electrons. The van der Waals surface area contributed by atoms with Crippen molar-refractivity contribution in [2.24, 2.45) is 5.10 Å². The predicted octanol–water partition coefficient (Wildman–Crippen LogP) is 1.97. The van der Waals surface area contributed by atoms with Crippen LogP contribution in [0.5, 0.6) is 0 Å². The fraction of sp³-hybridized carbons (Fsp3) is 0. The third-order valence-electron chi connectivity index (χ3n) is 1.35. The van der Waals surface area contributed by atoms with Crippen LogP contribution in [0.25, 0.3) is 0 Å². The molecule has 1 aliphatic rings. The maximum Gasteiger partial charge on any atom is 0.189 e. The van der Waals surface area contributed by atoms with E-state index in [0.29, 0.717) is 0 Å². The first-order chi connectivity index (χ1) is 4.88. The van der Waals surface area contributed by atoms with E-state index in [0.717, 1.165) is 11.4 Å². The number of hydrazone groups is 1. The molecule has 1 aliphatic heterocycles. The van der Waals surface area contributed by atoms with Crippen molar-refractivity contribution in [1.82, 2.24) is 4.03 Å². The van der Waals surface area contributed by atoms with Gasteiger partial charge in [-0.05, 0) is 0 Å². The SMILES string of the molecule is BrN1N=C1c1ccccc1. The van der Waals surface area contributed by atoms with Crippen LogP contribution in [0, 0.1) is 0 Å². The first-order valence-electron chi connectivity index (χ1n) is 2.98. The zero-order valence-corrected chi connectivity index (χ0v) is 6.75. The second-order valence-corrected chi connectivity index (χ2v) is 2.72. The third-order valence-corrected chi connectivity index (χ3v) is 1.84. The summed E-state index contributed by atoms with van der Waals surface area (Å²) in [5, 5.41) is 3.99. The van der Waals surface area contributed by atoms with Crippen LogP contribution in [0.1, 0.15) is 5.56 Å². The van der Waals surface area contributed by atoms with E-state index in [9.17, 15) is 0 Å². The molecule has 1 aromatic rings. The topological polar surface area (TPSA) is 15.4 Å². The number of benzene rings is 1.